The molecule has 9 heteroatoms. The number of nitrogens with zero attached hydrogens (tertiary/aromatic N) is 2. The van der Waals surface area contributed by atoms with Crippen molar-refractivity contribution in [2.24, 2.45) is 13.0 Å². The van der Waals surface area contributed by atoms with E-state index in [-0.39, 0.29) is 36.9 Å². The summed E-state index contributed by atoms with van der Waals surface area (Å²) in [7, 11) is 1.78. The van der Waals surface area contributed by atoms with Crippen LogP contribution in [0.2, 0.25) is 0 Å². The maximum Gasteiger partial charge on any atom is 0.226 e. The van der Waals surface area contributed by atoms with Gasteiger partial charge in [-0.05, 0) is 24.7 Å². The summed E-state index contributed by atoms with van der Waals surface area (Å²) in [5, 5.41) is 2.88. The van der Waals surface area contributed by atoms with Crippen LogP contribution >= 0.6 is 12.2 Å². The van der Waals surface area contributed by atoms with E-state index < -0.39 is 23.7 Å². The van der Waals surface area contributed by atoms with Gasteiger partial charge >= 0.3 is 0 Å². The number of amides is 1. The highest BCUT2D eigenvalue weighted by Crippen LogP contribution is 2.39. The smallest absolute Gasteiger partial charge is 0.226 e. The summed E-state index contributed by atoms with van der Waals surface area (Å²) in [6.45, 7) is 1.30. The van der Waals surface area contributed by atoms with Crippen molar-refractivity contribution < 1.29 is 22.7 Å². The Morgan fingerprint density at radius 2 is 2.15 bits per heavy atom. The van der Waals surface area contributed by atoms with E-state index in [2.05, 4.69) is 5.32 Å². The number of aromatic nitrogens is 2. The molecule has 0 aromatic carbocycles. The van der Waals surface area contributed by atoms with Crippen LogP contribution in [-0.4, -0.2) is 40.5 Å². The van der Waals surface area contributed by atoms with Gasteiger partial charge in [-0.25, -0.2) is 13.2 Å². The number of nitrogens with one attached hydrogen (secondary N) is 1. The van der Waals surface area contributed by atoms with Gasteiger partial charge in [0.25, 0.3) is 0 Å². The van der Waals surface area contributed by atoms with Crippen LogP contribution in [0.1, 0.15) is 17.8 Å². The van der Waals surface area contributed by atoms with Gasteiger partial charge in [0.15, 0.2) is 16.4 Å². The number of carbonyl (C=O) groups is 1. The fraction of sp³-hybridized carbons (Fsp3) is 0.556. The van der Waals surface area contributed by atoms with Crippen LogP contribution in [0.3, 0.4) is 0 Å². The number of rotatable bonds is 4. The Morgan fingerprint density at radius 1 is 1.41 bits per heavy atom. The van der Waals surface area contributed by atoms with E-state index in [1.165, 1.54) is 0 Å². The van der Waals surface area contributed by atoms with Crippen molar-refractivity contribution >= 4 is 18.1 Å². The number of fused-ring (bicyclic) bond motifs is 1. The van der Waals surface area contributed by atoms with Crippen molar-refractivity contribution in [2.75, 3.05) is 13.2 Å². The van der Waals surface area contributed by atoms with Crippen molar-refractivity contribution in [2.45, 2.75) is 38.0 Å². The van der Waals surface area contributed by atoms with Gasteiger partial charge in [0.1, 0.15) is 6.17 Å². The minimum atomic E-state index is -1.54. The highest BCUT2D eigenvalue weighted by atomic mass is 32.1. The molecule has 146 valence electrons. The predicted molar refractivity (Wildman–Crippen MR) is 94.7 cm³/mol. The Bertz CT molecular complexity index is 914. The van der Waals surface area contributed by atoms with Gasteiger partial charge < -0.3 is 19.2 Å². The highest BCUT2D eigenvalue weighted by molar-refractivity contribution is 7.71. The Balaban J connectivity index is 1.59. The van der Waals surface area contributed by atoms with E-state index in [1.807, 2.05) is 0 Å². The second-order valence-electron chi connectivity index (χ2n) is 7.25. The first kappa shape index (κ1) is 18.5. The number of ether oxygens (including phenoxy) is 1. The van der Waals surface area contributed by atoms with Crippen LogP contribution in [0.5, 0.6) is 0 Å². The summed E-state index contributed by atoms with van der Waals surface area (Å²) in [4.78, 5) is 12.3. The standard InChI is InChI=1S/C18H20F3N3O2S/c1-23-13(5-15(25)22-10-7-26-8-10)14-4-9(6-24(14)18(23)27)16-11(19)2-3-12(20)17(16)21/h3,9-11H,2,4-8H2,1H3,(H,22,25)/t9-,11?/m1/s1. The molecule has 1 aromatic rings. The lowest BCUT2D eigenvalue weighted by atomic mass is 9.87. The van der Waals surface area contributed by atoms with Gasteiger partial charge in [-0.15, -0.1) is 0 Å². The average Bonchev–Trinajstić information content (AvgIpc) is 3.10. The number of hydrogen-bond donors (Lipinski definition) is 1. The average molecular weight is 399 g/mol. The monoisotopic (exact) mass is 399 g/mol. The van der Waals surface area contributed by atoms with Gasteiger partial charge in [-0.3, -0.25) is 4.79 Å². The predicted octanol–water partition coefficient (Wildman–Crippen LogP) is 2.60. The summed E-state index contributed by atoms with van der Waals surface area (Å²) in [6.07, 6.45) is -0.298. The molecule has 1 unspecified atom stereocenters. The molecule has 2 atom stereocenters. The van der Waals surface area contributed by atoms with E-state index in [0.717, 1.165) is 17.5 Å². The third-order valence-corrected chi connectivity index (χ3v) is 5.99. The van der Waals surface area contributed by atoms with E-state index >= 15 is 0 Å². The molecule has 5 nitrogen and oxygen atoms in total. The van der Waals surface area contributed by atoms with Gasteiger partial charge in [-0.1, -0.05) is 0 Å². The van der Waals surface area contributed by atoms with E-state index in [1.54, 1.807) is 16.2 Å². The Kier molecular flexibility index (Phi) is 4.75. The van der Waals surface area contributed by atoms with Crippen molar-refractivity contribution in [3.63, 3.8) is 0 Å². The molecule has 0 saturated carbocycles. The highest BCUT2D eigenvalue weighted by Gasteiger charge is 2.37. The van der Waals surface area contributed by atoms with Crippen LogP contribution in [-0.2, 0) is 36.0 Å². The normalized spacial score (nSPS) is 25.3. The maximum atomic E-state index is 14.3. The second kappa shape index (κ2) is 6.94. The summed E-state index contributed by atoms with van der Waals surface area (Å²) < 4.78 is 51.3. The zero-order valence-corrected chi connectivity index (χ0v) is 15.6. The summed E-state index contributed by atoms with van der Waals surface area (Å²) in [5.74, 6) is -2.74. The minimum Gasteiger partial charge on any atom is -0.377 e. The molecule has 3 aliphatic rings. The number of hydrogen-bond acceptors (Lipinski definition) is 3. The molecule has 4 rings (SSSR count). The Morgan fingerprint density at radius 3 is 2.81 bits per heavy atom. The van der Waals surface area contributed by atoms with Crippen molar-refractivity contribution in [1.29, 1.82) is 0 Å². The molecular weight excluding hydrogens is 379 g/mol. The van der Waals surface area contributed by atoms with Crippen LogP contribution in [0, 0.1) is 10.7 Å². The first-order chi connectivity index (χ1) is 12.9. The number of alkyl halides is 1. The van der Waals surface area contributed by atoms with Crippen LogP contribution in [0.15, 0.2) is 23.3 Å². The van der Waals surface area contributed by atoms with Crippen molar-refractivity contribution in [3.05, 3.63) is 39.5 Å². The SMILES string of the molecule is Cn1c(CC(=O)NC2COC2)c2n(c1=S)C[C@H](C1=C(F)C(F)=CCC1F)C2. The molecule has 1 aliphatic carbocycles. The van der Waals surface area contributed by atoms with Gasteiger partial charge in [0.2, 0.25) is 5.91 Å². The minimum absolute atomic E-state index is 0.0257. The maximum absolute atomic E-state index is 14.3. The zero-order chi connectivity index (χ0) is 19.3. The van der Waals surface area contributed by atoms with E-state index in [0.29, 0.717) is 24.4 Å². The first-order valence-electron chi connectivity index (χ1n) is 8.90. The molecule has 0 bridgehead atoms. The lowest BCUT2D eigenvalue weighted by Crippen LogP contribution is -2.49. The first-order valence-corrected chi connectivity index (χ1v) is 9.31. The van der Waals surface area contributed by atoms with E-state index in [4.69, 9.17) is 17.0 Å². The summed E-state index contributed by atoms with van der Waals surface area (Å²) in [5.41, 5.74) is 1.39. The third kappa shape index (κ3) is 3.16. The Labute approximate surface area is 159 Å². The summed E-state index contributed by atoms with van der Waals surface area (Å²) >= 11 is 5.44. The molecule has 1 amide bonds. The zero-order valence-electron chi connectivity index (χ0n) is 14.8. The van der Waals surface area contributed by atoms with E-state index in [9.17, 15) is 18.0 Å². The van der Waals surface area contributed by atoms with Gasteiger partial charge in [-0.2, -0.15) is 0 Å². The molecular formula is C18H20F3N3O2S. The van der Waals surface area contributed by atoms with Crippen LogP contribution in [0.4, 0.5) is 13.2 Å². The Hall–Kier alpha value is -1.87. The molecule has 3 heterocycles. The number of imidazole rings is 1. The molecule has 1 aromatic heterocycles. The number of halogens is 3. The quantitative estimate of drug-likeness (QED) is 0.792. The topological polar surface area (TPSA) is 48.2 Å². The largest absolute Gasteiger partial charge is 0.377 e. The number of allylic oxidation sites excluding steroid dienone is 4. The van der Waals surface area contributed by atoms with Crippen LogP contribution < -0.4 is 5.32 Å². The molecule has 27 heavy (non-hydrogen) atoms. The molecule has 1 saturated heterocycles. The van der Waals surface area contributed by atoms with Crippen LogP contribution in [0.25, 0.3) is 0 Å². The fourth-order valence-electron chi connectivity index (χ4n) is 4.01. The second-order valence-corrected chi connectivity index (χ2v) is 7.62. The third-order valence-electron chi connectivity index (χ3n) is 5.50. The molecule has 1 fully saturated rings. The molecule has 0 radical (unpaired) electrons. The lowest BCUT2D eigenvalue weighted by molar-refractivity contribution is -0.124. The molecule has 1 N–H and O–H groups in total. The van der Waals surface area contributed by atoms with Crippen molar-refractivity contribution in [3.8, 4) is 0 Å². The fourth-order valence-corrected chi connectivity index (χ4v) is 4.30. The number of carbonyl (C=O) groups excluding carboxylic acids is 1. The summed E-state index contributed by atoms with van der Waals surface area (Å²) in [6, 6.07) is 0.0257. The van der Waals surface area contributed by atoms with Gasteiger partial charge in [0.05, 0.1) is 25.7 Å². The molecule has 0 spiro atoms. The van der Waals surface area contributed by atoms with Crippen molar-refractivity contribution in [1.82, 2.24) is 14.5 Å². The molecule has 2 aliphatic heterocycles. The lowest BCUT2D eigenvalue weighted by Gasteiger charge is -2.26. The van der Waals surface area contributed by atoms with Gasteiger partial charge in [0, 0.05) is 42.9 Å².